The van der Waals surface area contributed by atoms with Gasteiger partial charge in [0, 0.05) is 25.0 Å². The van der Waals surface area contributed by atoms with Crippen LogP contribution in [0.3, 0.4) is 0 Å². The van der Waals surface area contributed by atoms with E-state index in [9.17, 15) is 14.7 Å². The normalized spacial score (nSPS) is 10.7. The van der Waals surface area contributed by atoms with E-state index in [4.69, 9.17) is 4.74 Å². The number of aromatic nitrogens is 2. The number of carbonyl (C=O) groups is 2. The Morgan fingerprint density at radius 3 is 2.54 bits per heavy atom. The van der Waals surface area contributed by atoms with E-state index in [1.807, 2.05) is 13.8 Å². The van der Waals surface area contributed by atoms with Gasteiger partial charge in [0.15, 0.2) is 0 Å². The largest absolute Gasteiger partial charge is 0.478 e. The number of benzene rings is 1. The van der Waals surface area contributed by atoms with Crippen LogP contribution in [0.1, 0.15) is 44.6 Å². The average molecular weight is 331 g/mol. The third kappa shape index (κ3) is 3.62. The molecule has 2 aromatic rings. The number of ether oxygens (including phenoxy) is 1. The lowest BCUT2D eigenvalue weighted by atomic mass is 10.1. The first-order chi connectivity index (χ1) is 11.4. The molecule has 0 bridgehead atoms. The Bertz CT molecular complexity index is 780. The van der Waals surface area contributed by atoms with E-state index in [1.165, 1.54) is 19.2 Å². The van der Waals surface area contributed by atoms with E-state index < -0.39 is 5.97 Å². The average Bonchev–Trinajstić information content (AvgIpc) is 2.81. The molecule has 0 radical (unpaired) electrons. The van der Waals surface area contributed by atoms with Crippen LogP contribution in [0.4, 0.5) is 5.69 Å². The molecule has 2 N–H and O–H groups in total. The second-order valence-corrected chi connectivity index (χ2v) is 5.47. The molecule has 0 atom stereocenters. The number of hydrogen-bond acceptors (Lipinski definition) is 4. The molecule has 1 heterocycles. The number of carboxylic acids is 1. The van der Waals surface area contributed by atoms with Crippen molar-refractivity contribution in [2.75, 3.05) is 12.4 Å². The van der Waals surface area contributed by atoms with E-state index in [0.29, 0.717) is 29.1 Å². The van der Waals surface area contributed by atoms with Gasteiger partial charge >= 0.3 is 5.97 Å². The van der Waals surface area contributed by atoms with Crippen LogP contribution in [0.25, 0.3) is 0 Å². The highest BCUT2D eigenvalue weighted by Crippen LogP contribution is 2.19. The summed E-state index contributed by atoms with van der Waals surface area (Å²) in [6.45, 7) is 6.50. The molecule has 1 aromatic carbocycles. The highest BCUT2D eigenvalue weighted by atomic mass is 16.5. The van der Waals surface area contributed by atoms with Gasteiger partial charge < -0.3 is 15.2 Å². The van der Waals surface area contributed by atoms with E-state index in [0.717, 1.165) is 5.69 Å². The van der Waals surface area contributed by atoms with Crippen molar-refractivity contribution >= 4 is 17.6 Å². The molecule has 0 spiro atoms. The van der Waals surface area contributed by atoms with Crippen LogP contribution in [0, 0.1) is 13.8 Å². The Kier molecular flexibility index (Phi) is 5.35. The number of carbonyl (C=O) groups excluding carboxylic acids is 1. The first-order valence-electron chi connectivity index (χ1n) is 7.58. The van der Waals surface area contributed by atoms with Crippen LogP contribution in [0.15, 0.2) is 18.2 Å². The minimum atomic E-state index is -1.06. The molecule has 7 nitrogen and oxygen atoms in total. The lowest BCUT2D eigenvalue weighted by Crippen LogP contribution is -2.15. The summed E-state index contributed by atoms with van der Waals surface area (Å²) >= 11 is 0. The van der Waals surface area contributed by atoms with Crippen LogP contribution in [0.5, 0.6) is 0 Å². The summed E-state index contributed by atoms with van der Waals surface area (Å²) < 4.78 is 6.80. The number of hydrogen-bond donors (Lipinski definition) is 2. The molecule has 0 aliphatic carbocycles. The van der Waals surface area contributed by atoms with Gasteiger partial charge in [0.25, 0.3) is 5.91 Å². The van der Waals surface area contributed by atoms with E-state index >= 15 is 0 Å². The van der Waals surface area contributed by atoms with Gasteiger partial charge in [0.1, 0.15) is 0 Å². The summed E-state index contributed by atoms with van der Waals surface area (Å²) in [5, 5.41) is 16.3. The van der Waals surface area contributed by atoms with Crippen LogP contribution in [-0.2, 0) is 17.9 Å². The Labute approximate surface area is 140 Å². The predicted octanol–water partition coefficient (Wildman–Crippen LogP) is 2.62. The van der Waals surface area contributed by atoms with Gasteiger partial charge in [-0.15, -0.1) is 0 Å². The van der Waals surface area contributed by atoms with Crippen molar-refractivity contribution in [3.05, 3.63) is 46.3 Å². The maximum absolute atomic E-state index is 12.6. The molecule has 0 unspecified atom stereocenters. The third-order valence-corrected chi connectivity index (χ3v) is 3.72. The molecule has 0 saturated heterocycles. The Balaban J connectivity index is 2.35. The van der Waals surface area contributed by atoms with Gasteiger partial charge in [-0.3, -0.25) is 9.48 Å². The summed E-state index contributed by atoms with van der Waals surface area (Å²) in [5.41, 5.74) is 3.10. The molecule has 128 valence electrons. The van der Waals surface area contributed by atoms with Crippen LogP contribution >= 0.6 is 0 Å². The number of anilines is 1. The number of carboxylic acid groups (broad SMARTS) is 1. The molecule has 0 aliphatic rings. The topological polar surface area (TPSA) is 93.5 Å². The molecular formula is C17H21N3O4. The summed E-state index contributed by atoms with van der Waals surface area (Å²) in [4.78, 5) is 23.8. The number of aromatic carboxylic acids is 1. The maximum Gasteiger partial charge on any atom is 0.335 e. The highest BCUT2D eigenvalue weighted by molar-refractivity contribution is 6.06. The number of aryl methyl sites for hydroxylation is 2. The quantitative estimate of drug-likeness (QED) is 0.848. The molecule has 1 aromatic heterocycles. The predicted molar refractivity (Wildman–Crippen MR) is 89.4 cm³/mol. The maximum atomic E-state index is 12.6. The van der Waals surface area contributed by atoms with Crippen molar-refractivity contribution in [2.24, 2.45) is 0 Å². The molecule has 2 rings (SSSR count). The first kappa shape index (κ1) is 17.7. The zero-order valence-electron chi connectivity index (χ0n) is 14.2. The van der Waals surface area contributed by atoms with Gasteiger partial charge in [0.2, 0.25) is 0 Å². The number of methoxy groups -OCH3 is 1. The Hall–Kier alpha value is -2.67. The van der Waals surface area contributed by atoms with Crippen molar-refractivity contribution in [1.29, 1.82) is 0 Å². The fourth-order valence-corrected chi connectivity index (χ4v) is 2.66. The summed E-state index contributed by atoms with van der Waals surface area (Å²) in [6, 6.07) is 4.64. The second kappa shape index (κ2) is 7.27. The van der Waals surface area contributed by atoms with Gasteiger partial charge in [-0.25, -0.2) is 4.79 Å². The monoisotopic (exact) mass is 331 g/mol. The van der Waals surface area contributed by atoms with Crippen molar-refractivity contribution in [2.45, 2.75) is 33.9 Å². The third-order valence-electron chi connectivity index (χ3n) is 3.72. The molecule has 0 aliphatic heterocycles. The van der Waals surface area contributed by atoms with Crippen LogP contribution in [0.2, 0.25) is 0 Å². The Morgan fingerprint density at radius 1 is 1.29 bits per heavy atom. The summed E-state index contributed by atoms with van der Waals surface area (Å²) in [6.07, 6.45) is 0. The molecular weight excluding hydrogens is 310 g/mol. The lowest BCUT2D eigenvalue weighted by molar-refractivity contribution is 0.0696. The van der Waals surface area contributed by atoms with Gasteiger partial charge in [0.05, 0.1) is 23.4 Å². The smallest absolute Gasteiger partial charge is 0.335 e. The minimum Gasteiger partial charge on any atom is -0.478 e. The number of amides is 1. The summed E-state index contributed by atoms with van der Waals surface area (Å²) in [7, 11) is 1.53. The van der Waals surface area contributed by atoms with Crippen molar-refractivity contribution in [1.82, 2.24) is 9.78 Å². The zero-order chi connectivity index (χ0) is 17.9. The Morgan fingerprint density at radius 2 is 2.00 bits per heavy atom. The van der Waals surface area contributed by atoms with Gasteiger partial charge in [-0.1, -0.05) is 0 Å². The minimum absolute atomic E-state index is 0.0950. The molecule has 7 heteroatoms. The molecule has 0 fully saturated rings. The molecule has 0 saturated carbocycles. The molecule has 24 heavy (non-hydrogen) atoms. The first-order valence-corrected chi connectivity index (χ1v) is 7.58. The van der Waals surface area contributed by atoms with Gasteiger partial charge in [-0.05, 0) is 44.5 Å². The van der Waals surface area contributed by atoms with E-state index in [1.54, 1.807) is 17.7 Å². The van der Waals surface area contributed by atoms with E-state index in [2.05, 4.69) is 10.4 Å². The second-order valence-electron chi connectivity index (χ2n) is 5.47. The van der Waals surface area contributed by atoms with Crippen molar-refractivity contribution in [3.8, 4) is 0 Å². The zero-order valence-corrected chi connectivity index (χ0v) is 14.2. The number of nitrogens with one attached hydrogen (secondary N) is 1. The fourth-order valence-electron chi connectivity index (χ4n) is 2.66. The van der Waals surface area contributed by atoms with Crippen LogP contribution < -0.4 is 5.32 Å². The standard InChI is InChI=1S/C17H21N3O4/c1-5-20-11(3)15(10(2)19-20)16(21)18-14-7-12(9-24-4)6-13(8-14)17(22)23/h6-8H,5,9H2,1-4H3,(H,18,21)(H,22,23). The van der Waals surface area contributed by atoms with Gasteiger partial charge in [-0.2, -0.15) is 5.10 Å². The summed E-state index contributed by atoms with van der Waals surface area (Å²) in [5.74, 6) is -1.37. The fraction of sp³-hybridized carbons (Fsp3) is 0.353. The SMILES string of the molecule is CCn1nc(C)c(C(=O)Nc2cc(COC)cc(C(=O)O)c2)c1C. The molecule has 1 amide bonds. The van der Waals surface area contributed by atoms with Crippen LogP contribution in [-0.4, -0.2) is 33.9 Å². The van der Waals surface area contributed by atoms with Crippen molar-refractivity contribution in [3.63, 3.8) is 0 Å². The lowest BCUT2D eigenvalue weighted by Gasteiger charge is -2.10. The van der Waals surface area contributed by atoms with E-state index in [-0.39, 0.29) is 18.1 Å². The highest BCUT2D eigenvalue weighted by Gasteiger charge is 2.19. The van der Waals surface area contributed by atoms with Crippen molar-refractivity contribution < 1.29 is 19.4 Å². The number of nitrogens with zero attached hydrogens (tertiary/aromatic N) is 2. The number of rotatable bonds is 6.